The molecule has 1 heterocycles. The molecule has 1 aliphatic heterocycles. The Bertz CT molecular complexity index is 3600. The minimum atomic E-state index is -0.517. The first-order chi connectivity index (χ1) is 33.2. The van der Waals surface area contributed by atoms with Crippen LogP contribution in [0, 0.1) is 0 Å². The lowest BCUT2D eigenvalue weighted by atomic mass is 9.67. The molecule has 0 N–H and O–H groups in total. The first-order valence-corrected chi connectivity index (χ1v) is 23.9. The van der Waals surface area contributed by atoms with Gasteiger partial charge >= 0.3 is 0 Å². The standard InChI is InChI=1S/C65H43NS/c1-3-15-44(16-4-1)45-31-33-46(34-32-45)47-35-38-53(39-36-47)66(54-23-11-19-49(41-54)50-37-40-62-59(42-50)58-27-12-17-48-18-13-30-63(67-62)64(48)58)55-24-14-22-52(43-55)65(51-20-5-2-6-21-51)60-28-9-7-25-56(60)57-26-8-10-29-61(57)65/h1-43H. The number of anilines is 3. The van der Waals surface area contributed by atoms with Gasteiger partial charge in [-0.2, -0.15) is 0 Å². The monoisotopic (exact) mass is 869 g/mol. The van der Waals surface area contributed by atoms with Gasteiger partial charge in [-0.3, -0.25) is 0 Å². The van der Waals surface area contributed by atoms with Crippen LogP contribution in [0.2, 0.25) is 0 Å². The van der Waals surface area contributed by atoms with Crippen LogP contribution < -0.4 is 4.90 Å². The third kappa shape index (κ3) is 6.48. The highest BCUT2D eigenvalue weighted by Crippen LogP contribution is 2.57. The molecule has 1 aliphatic carbocycles. The van der Waals surface area contributed by atoms with Crippen molar-refractivity contribution >= 4 is 39.6 Å². The molecule has 11 aromatic rings. The van der Waals surface area contributed by atoms with Gasteiger partial charge in [0.25, 0.3) is 0 Å². The summed E-state index contributed by atoms with van der Waals surface area (Å²) in [4.78, 5) is 5.05. The molecule has 0 fully saturated rings. The van der Waals surface area contributed by atoms with E-state index in [2.05, 4.69) is 266 Å². The first-order valence-electron chi connectivity index (χ1n) is 23.1. The zero-order chi connectivity index (χ0) is 44.3. The summed E-state index contributed by atoms with van der Waals surface area (Å²) in [5.74, 6) is 0. The van der Waals surface area contributed by atoms with E-state index in [1.807, 2.05) is 11.8 Å². The van der Waals surface area contributed by atoms with Gasteiger partial charge in [0, 0.05) is 32.2 Å². The molecule has 13 rings (SSSR count). The fourth-order valence-electron chi connectivity index (χ4n) is 10.9. The van der Waals surface area contributed by atoms with Crippen LogP contribution >= 0.6 is 11.8 Å². The van der Waals surface area contributed by atoms with Crippen molar-refractivity contribution in [3.05, 3.63) is 283 Å². The summed E-state index contributed by atoms with van der Waals surface area (Å²) in [6, 6.07) is 96.3. The molecule has 314 valence electrons. The van der Waals surface area contributed by atoms with Crippen LogP contribution in [0.25, 0.3) is 66.4 Å². The van der Waals surface area contributed by atoms with E-state index in [1.165, 1.54) is 98.5 Å². The van der Waals surface area contributed by atoms with Crippen molar-refractivity contribution in [2.75, 3.05) is 4.90 Å². The van der Waals surface area contributed by atoms with Gasteiger partial charge in [0.05, 0.1) is 5.41 Å². The Balaban J connectivity index is 0.960. The highest BCUT2D eigenvalue weighted by molar-refractivity contribution is 7.99. The molecule has 0 spiro atoms. The molecule has 0 saturated carbocycles. The Morgan fingerprint density at radius 3 is 1.48 bits per heavy atom. The molecule has 67 heavy (non-hydrogen) atoms. The molecule has 0 aromatic heterocycles. The predicted octanol–water partition coefficient (Wildman–Crippen LogP) is 17.8. The average Bonchev–Trinajstić information content (AvgIpc) is 3.71. The van der Waals surface area contributed by atoms with E-state index in [4.69, 9.17) is 0 Å². The molecule has 2 aliphatic rings. The zero-order valence-corrected chi connectivity index (χ0v) is 37.5. The molecule has 1 nitrogen and oxygen atoms in total. The SMILES string of the molecule is c1ccc(-c2ccc(-c3ccc(N(c4cccc(-c5ccc6c(c5)-c5cccc7cccc(c57)S6)c4)c4cccc(C5(c6ccccc6)c6ccccc6-c6ccccc65)c4)cc3)cc2)cc1. The number of rotatable bonds is 8. The van der Waals surface area contributed by atoms with Gasteiger partial charge in [0.15, 0.2) is 0 Å². The third-order valence-electron chi connectivity index (χ3n) is 13.9. The second-order valence-corrected chi connectivity index (χ2v) is 18.7. The second kappa shape index (κ2) is 16.1. The molecule has 0 unspecified atom stereocenters. The van der Waals surface area contributed by atoms with Gasteiger partial charge in [-0.05, 0) is 138 Å². The Kier molecular flexibility index (Phi) is 9.40. The van der Waals surface area contributed by atoms with E-state index in [0.717, 1.165) is 17.1 Å². The topological polar surface area (TPSA) is 3.24 Å². The van der Waals surface area contributed by atoms with Crippen molar-refractivity contribution < 1.29 is 0 Å². The van der Waals surface area contributed by atoms with Crippen LogP contribution in [0.3, 0.4) is 0 Å². The summed E-state index contributed by atoms with van der Waals surface area (Å²) >= 11 is 1.87. The molecule has 0 radical (unpaired) electrons. The maximum Gasteiger partial charge on any atom is 0.0714 e. The lowest BCUT2D eigenvalue weighted by Crippen LogP contribution is -2.28. The number of benzene rings is 11. The van der Waals surface area contributed by atoms with Gasteiger partial charge in [0.1, 0.15) is 0 Å². The maximum atomic E-state index is 2.44. The summed E-state index contributed by atoms with van der Waals surface area (Å²) in [5.41, 5.74) is 20.2. The van der Waals surface area contributed by atoms with Crippen LogP contribution in [0.5, 0.6) is 0 Å². The largest absolute Gasteiger partial charge is 0.310 e. The number of fused-ring (bicyclic) bond motifs is 5. The van der Waals surface area contributed by atoms with Gasteiger partial charge in [-0.1, -0.05) is 218 Å². The zero-order valence-electron chi connectivity index (χ0n) is 36.7. The normalized spacial score (nSPS) is 12.8. The Labute approximate surface area is 396 Å². The Morgan fingerprint density at radius 1 is 0.284 bits per heavy atom. The highest BCUT2D eigenvalue weighted by Gasteiger charge is 2.46. The summed E-state index contributed by atoms with van der Waals surface area (Å²) in [6.07, 6.45) is 0. The van der Waals surface area contributed by atoms with Crippen LogP contribution in [-0.2, 0) is 5.41 Å². The molecule has 0 amide bonds. The molecule has 11 aromatic carbocycles. The predicted molar refractivity (Wildman–Crippen MR) is 282 cm³/mol. The van der Waals surface area contributed by atoms with Crippen molar-refractivity contribution in [3.63, 3.8) is 0 Å². The van der Waals surface area contributed by atoms with Gasteiger partial charge in [-0.15, -0.1) is 0 Å². The second-order valence-electron chi connectivity index (χ2n) is 17.6. The van der Waals surface area contributed by atoms with Gasteiger partial charge in [0.2, 0.25) is 0 Å². The van der Waals surface area contributed by atoms with E-state index < -0.39 is 5.41 Å². The maximum absolute atomic E-state index is 2.44. The molecule has 0 saturated heterocycles. The van der Waals surface area contributed by atoms with Crippen LogP contribution in [0.4, 0.5) is 17.1 Å². The summed E-state index contributed by atoms with van der Waals surface area (Å²) in [6.45, 7) is 0. The lowest BCUT2D eigenvalue weighted by molar-refractivity contribution is 0.768. The van der Waals surface area contributed by atoms with Crippen molar-refractivity contribution in [3.8, 4) is 55.6 Å². The Morgan fingerprint density at radius 2 is 0.776 bits per heavy atom. The molecular formula is C65H43NS. The van der Waals surface area contributed by atoms with E-state index in [1.54, 1.807) is 0 Å². The molecular weight excluding hydrogens is 827 g/mol. The average molecular weight is 870 g/mol. The molecule has 0 atom stereocenters. The minimum Gasteiger partial charge on any atom is -0.310 e. The molecule has 2 heteroatoms. The first kappa shape index (κ1) is 39.2. The minimum absolute atomic E-state index is 0.517. The number of nitrogens with zero attached hydrogens (tertiary/aromatic N) is 1. The van der Waals surface area contributed by atoms with Gasteiger partial charge in [-0.25, -0.2) is 0 Å². The lowest BCUT2D eigenvalue weighted by Gasteiger charge is -2.35. The van der Waals surface area contributed by atoms with Crippen molar-refractivity contribution in [1.29, 1.82) is 0 Å². The van der Waals surface area contributed by atoms with Crippen LogP contribution in [0.15, 0.2) is 271 Å². The molecule has 0 bridgehead atoms. The number of hydrogen-bond acceptors (Lipinski definition) is 2. The summed E-state index contributed by atoms with van der Waals surface area (Å²) in [7, 11) is 0. The summed E-state index contributed by atoms with van der Waals surface area (Å²) < 4.78 is 0. The van der Waals surface area contributed by atoms with E-state index in [9.17, 15) is 0 Å². The van der Waals surface area contributed by atoms with Crippen molar-refractivity contribution in [1.82, 2.24) is 0 Å². The Hall–Kier alpha value is -8.17. The number of hydrogen-bond donors (Lipinski definition) is 0. The fourth-order valence-corrected chi connectivity index (χ4v) is 12.0. The van der Waals surface area contributed by atoms with Crippen molar-refractivity contribution in [2.24, 2.45) is 0 Å². The van der Waals surface area contributed by atoms with E-state index in [0.29, 0.717) is 0 Å². The van der Waals surface area contributed by atoms with Crippen LogP contribution in [-0.4, -0.2) is 0 Å². The summed E-state index contributed by atoms with van der Waals surface area (Å²) in [5, 5.41) is 2.63. The van der Waals surface area contributed by atoms with E-state index >= 15 is 0 Å². The van der Waals surface area contributed by atoms with Crippen LogP contribution in [0.1, 0.15) is 22.3 Å². The fraction of sp³-hybridized carbons (Fsp3) is 0.0154. The van der Waals surface area contributed by atoms with Gasteiger partial charge < -0.3 is 4.90 Å². The quantitative estimate of drug-likeness (QED) is 0.150. The highest BCUT2D eigenvalue weighted by atomic mass is 32.2. The van der Waals surface area contributed by atoms with E-state index in [-0.39, 0.29) is 0 Å². The van der Waals surface area contributed by atoms with Crippen molar-refractivity contribution in [2.45, 2.75) is 15.2 Å². The smallest absolute Gasteiger partial charge is 0.0714 e. The third-order valence-corrected chi connectivity index (χ3v) is 15.1.